The van der Waals surface area contributed by atoms with Crippen LogP contribution in [0.3, 0.4) is 0 Å². The number of halogens is 1. The van der Waals surface area contributed by atoms with Crippen molar-refractivity contribution in [3.05, 3.63) is 47.2 Å². The van der Waals surface area contributed by atoms with E-state index in [0.717, 1.165) is 34.0 Å². The maximum atomic E-state index is 12.7. The summed E-state index contributed by atoms with van der Waals surface area (Å²) in [5.41, 5.74) is 2.20. The van der Waals surface area contributed by atoms with Crippen LogP contribution >= 0.6 is 11.6 Å². The second-order valence-electron chi connectivity index (χ2n) is 9.20. The van der Waals surface area contributed by atoms with Crippen LogP contribution in [0.1, 0.15) is 50.5 Å². The van der Waals surface area contributed by atoms with E-state index in [9.17, 15) is 4.79 Å². The maximum Gasteiger partial charge on any atom is 0.225 e. The van der Waals surface area contributed by atoms with Gasteiger partial charge in [0.1, 0.15) is 0 Å². The molecule has 0 unspecified atom stereocenters. The number of hydrogen-bond acceptors (Lipinski definition) is 2. The third kappa shape index (κ3) is 3.64. The maximum absolute atomic E-state index is 12.7. The van der Waals surface area contributed by atoms with Crippen molar-refractivity contribution in [3.8, 4) is 0 Å². The van der Waals surface area contributed by atoms with Crippen molar-refractivity contribution in [2.24, 2.45) is 23.2 Å². The minimum atomic E-state index is 0.156. The van der Waals surface area contributed by atoms with Gasteiger partial charge in [-0.2, -0.15) is 5.10 Å². The van der Waals surface area contributed by atoms with E-state index in [2.05, 4.69) is 10.4 Å². The largest absolute Gasteiger partial charge is 0.323 e. The third-order valence-corrected chi connectivity index (χ3v) is 7.13. The molecule has 0 saturated heterocycles. The van der Waals surface area contributed by atoms with E-state index >= 15 is 0 Å². The first-order valence-electron chi connectivity index (χ1n) is 10.1. The summed E-state index contributed by atoms with van der Waals surface area (Å²) in [6, 6.07) is 7.76. The van der Waals surface area contributed by atoms with Crippen LogP contribution in [0.15, 0.2) is 36.7 Å². The van der Waals surface area contributed by atoms with Gasteiger partial charge in [0.15, 0.2) is 0 Å². The summed E-state index contributed by atoms with van der Waals surface area (Å²) in [6.45, 7) is 0.669. The molecule has 4 aliphatic carbocycles. The summed E-state index contributed by atoms with van der Waals surface area (Å²) in [7, 11) is 0. The van der Waals surface area contributed by atoms with Crippen molar-refractivity contribution >= 4 is 23.2 Å². The topological polar surface area (TPSA) is 46.9 Å². The Kier molecular flexibility index (Phi) is 4.27. The van der Waals surface area contributed by atoms with Crippen molar-refractivity contribution in [2.45, 2.75) is 51.5 Å². The molecule has 0 radical (unpaired) electrons. The normalized spacial score (nSPS) is 31.2. The standard InChI is InChI=1S/C22H26ClN3O/c23-19-3-1-15(2-4-19)13-26-14-20(12-24-26)25-21(27)11-22-8-16-5-17(9-22)7-18(6-16)10-22/h1-4,12,14,16-18H,5-11,13H2,(H,25,27). The third-order valence-electron chi connectivity index (χ3n) is 6.88. The Bertz CT molecular complexity index is 806. The quantitative estimate of drug-likeness (QED) is 0.777. The van der Waals surface area contributed by atoms with Crippen LogP contribution in [0.25, 0.3) is 0 Å². The van der Waals surface area contributed by atoms with Gasteiger partial charge < -0.3 is 5.32 Å². The zero-order chi connectivity index (χ0) is 18.4. The van der Waals surface area contributed by atoms with Crippen LogP contribution in [-0.4, -0.2) is 15.7 Å². The molecule has 1 aromatic carbocycles. The first kappa shape index (κ1) is 17.3. The molecule has 1 amide bonds. The Morgan fingerprint density at radius 3 is 2.37 bits per heavy atom. The van der Waals surface area contributed by atoms with Gasteiger partial charge in [-0.25, -0.2) is 0 Å². The van der Waals surface area contributed by atoms with Gasteiger partial charge in [-0.3, -0.25) is 9.48 Å². The minimum absolute atomic E-state index is 0.156. The second kappa shape index (κ2) is 6.66. The van der Waals surface area contributed by atoms with E-state index in [-0.39, 0.29) is 11.3 Å². The number of benzene rings is 1. The Hall–Kier alpha value is -1.81. The predicted octanol–water partition coefficient (Wildman–Crippen LogP) is 5.13. The van der Waals surface area contributed by atoms with Crippen LogP contribution in [0.2, 0.25) is 5.02 Å². The van der Waals surface area contributed by atoms with E-state index in [1.165, 1.54) is 38.5 Å². The molecule has 2 aromatic rings. The molecular weight excluding hydrogens is 358 g/mol. The monoisotopic (exact) mass is 383 g/mol. The van der Waals surface area contributed by atoms with Gasteiger partial charge in [-0.1, -0.05) is 23.7 Å². The van der Waals surface area contributed by atoms with E-state index < -0.39 is 0 Å². The van der Waals surface area contributed by atoms with E-state index in [1.807, 2.05) is 35.1 Å². The molecule has 6 rings (SSSR count). The van der Waals surface area contributed by atoms with Gasteiger partial charge >= 0.3 is 0 Å². The average molecular weight is 384 g/mol. The smallest absolute Gasteiger partial charge is 0.225 e. The van der Waals surface area contributed by atoms with Gasteiger partial charge in [0.05, 0.1) is 18.4 Å². The van der Waals surface area contributed by atoms with E-state index in [1.54, 1.807) is 6.20 Å². The Balaban J connectivity index is 1.20. The molecule has 5 heteroatoms. The molecule has 0 aliphatic heterocycles. The van der Waals surface area contributed by atoms with Crippen LogP contribution in [-0.2, 0) is 11.3 Å². The lowest BCUT2D eigenvalue weighted by Crippen LogP contribution is -2.47. The van der Waals surface area contributed by atoms with Crippen LogP contribution in [0.4, 0.5) is 5.69 Å². The summed E-state index contributed by atoms with van der Waals surface area (Å²) < 4.78 is 1.85. The Morgan fingerprint density at radius 2 is 1.74 bits per heavy atom. The number of amides is 1. The zero-order valence-corrected chi connectivity index (χ0v) is 16.3. The molecule has 4 aliphatic rings. The average Bonchev–Trinajstić information content (AvgIpc) is 3.02. The van der Waals surface area contributed by atoms with Crippen LogP contribution in [0, 0.1) is 23.2 Å². The van der Waals surface area contributed by atoms with Crippen LogP contribution < -0.4 is 5.32 Å². The van der Waals surface area contributed by atoms with Gasteiger partial charge in [-0.15, -0.1) is 0 Å². The first-order chi connectivity index (χ1) is 13.1. The van der Waals surface area contributed by atoms with E-state index in [0.29, 0.717) is 13.0 Å². The van der Waals surface area contributed by atoms with Gasteiger partial charge in [-0.05, 0) is 79.4 Å². The highest BCUT2D eigenvalue weighted by molar-refractivity contribution is 6.30. The number of anilines is 1. The SMILES string of the molecule is O=C(CC12CC3CC(CC(C3)C1)C2)Nc1cnn(Cc2ccc(Cl)cc2)c1. The fourth-order valence-electron chi connectivity index (χ4n) is 6.34. The number of carbonyl (C=O) groups excluding carboxylic acids is 1. The lowest BCUT2D eigenvalue weighted by atomic mass is 9.49. The molecule has 1 heterocycles. The molecular formula is C22H26ClN3O. The van der Waals surface area contributed by atoms with Gasteiger partial charge in [0.2, 0.25) is 5.91 Å². The highest BCUT2D eigenvalue weighted by Gasteiger charge is 2.51. The molecule has 1 aromatic heterocycles. The van der Waals surface area contributed by atoms with Crippen molar-refractivity contribution < 1.29 is 4.79 Å². The number of aromatic nitrogens is 2. The lowest BCUT2D eigenvalue weighted by molar-refractivity contribution is -0.124. The molecule has 4 nitrogen and oxygen atoms in total. The molecule has 0 spiro atoms. The molecule has 0 atom stereocenters. The minimum Gasteiger partial charge on any atom is -0.323 e. The fourth-order valence-corrected chi connectivity index (χ4v) is 6.47. The van der Waals surface area contributed by atoms with Crippen molar-refractivity contribution in [3.63, 3.8) is 0 Å². The Labute approximate surface area is 165 Å². The summed E-state index contributed by atoms with van der Waals surface area (Å²) in [6.07, 6.45) is 12.4. The number of nitrogens with zero attached hydrogens (tertiary/aromatic N) is 2. The highest BCUT2D eigenvalue weighted by Crippen LogP contribution is 2.61. The van der Waals surface area contributed by atoms with Crippen molar-refractivity contribution in [1.29, 1.82) is 0 Å². The van der Waals surface area contributed by atoms with E-state index in [4.69, 9.17) is 11.6 Å². The predicted molar refractivity (Wildman–Crippen MR) is 107 cm³/mol. The summed E-state index contributed by atoms with van der Waals surface area (Å²) >= 11 is 5.93. The Morgan fingerprint density at radius 1 is 1.11 bits per heavy atom. The van der Waals surface area contributed by atoms with Crippen molar-refractivity contribution in [2.75, 3.05) is 5.32 Å². The zero-order valence-electron chi connectivity index (χ0n) is 15.5. The number of rotatable bonds is 5. The molecule has 4 saturated carbocycles. The number of carbonyl (C=O) groups is 1. The fraction of sp³-hybridized carbons (Fsp3) is 0.545. The second-order valence-corrected chi connectivity index (χ2v) is 9.63. The summed E-state index contributed by atoms with van der Waals surface area (Å²) in [4.78, 5) is 12.7. The highest BCUT2D eigenvalue weighted by atomic mass is 35.5. The van der Waals surface area contributed by atoms with Gasteiger partial charge in [0.25, 0.3) is 0 Å². The lowest BCUT2D eigenvalue weighted by Gasteiger charge is -2.56. The number of hydrogen-bond donors (Lipinski definition) is 1. The number of nitrogens with one attached hydrogen (secondary N) is 1. The molecule has 4 fully saturated rings. The summed E-state index contributed by atoms with van der Waals surface area (Å²) in [5.74, 6) is 2.80. The summed E-state index contributed by atoms with van der Waals surface area (Å²) in [5, 5.41) is 8.20. The first-order valence-corrected chi connectivity index (χ1v) is 10.5. The molecule has 1 N–H and O–H groups in total. The molecule has 4 bridgehead atoms. The van der Waals surface area contributed by atoms with Crippen molar-refractivity contribution in [1.82, 2.24) is 9.78 Å². The van der Waals surface area contributed by atoms with Crippen LogP contribution in [0.5, 0.6) is 0 Å². The van der Waals surface area contributed by atoms with Gasteiger partial charge in [0, 0.05) is 17.6 Å². The molecule has 27 heavy (non-hydrogen) atoms. The molecule has 142 valence electrons.